The summed E-state index contributed by atoms with van der Waals surface area (Å²) in [5, 5.41) is 73.1. The first-order valence-corrected chi connectivity index (χ1v) is 8.68. The van der Waals surface area contributed by atoms with Gasteiger partial charge in [-0.3, -0.25) is 28.8 Å². The number of aliphatic carboxylic acids is 6. The second kappa shape index (κ2) is 21.0. The number of carboxylic acid groups (broad SMARTS) is 6. The van der Waals surface area contributed by atoms with E-state index in [1.165, 1.54) is 0 Å². The number of carboxylic acids is 6. The van der Waals surface area contributed by atoms with E-state index < -0.39 is 60.5 Å². The topological polar surface area (TPSA) is 284 Å². The zero-order chi connectivity index (χ0) is 26.5. The highest BCUT2D eigenvalue weighted by molar-refractivity contribution is 5.89. The van der Waals surface area contributed by atoms with Crippen molar-refractivity contribution in [2.45, 2.75) is 39.5 Å². The Hall–Kier alpha value is -3.30. The maximum atomic E-state index is 9.43. The van der Waals surface area contributed by atoms with Crippen LogP contribution in [0.15, 0.2) is 0 Å². The number of hydrogen-bond acceptors (Lipinski definition) is 9. The van der Waals surface area contributed by atoms with Crippen LogP contribution in [0.1, 0.15) is 39.5 Å². The molecule has 0 aromatic carbocycles. The molecule has 15 heteroatoms. The molecule has 9 N–H and O–H groups in total. The minimum atomic E-state index is -1.31. The Bertz CT molecular complexity index is 489. The maximum absolute atomic E-state index is 9.43. The second-order valence-electron chi connectivity index (χ2n) is 6.04. The highest BCUT2D eigenvalue weighted by Crippen LogP contribution is 2.28. The normalized spacial score (nSPS) is 10.4. The molecule has 0 aliphatic rings. The molecule has 0 aromatic rings. The van der Waals surface area contributed by atoms with Crippen LogP contribution >= 0.6 is 0 Å². The minimum Gasteiger partial charge on any atom is -0.481 e. The molecule has 0 saturated heterocycles. The molecule has 32 heavy (non-hydrogen) atoms. The Labute approximate surface area is 182 Å². The molecule has 0 aromatic heterocycles. The van der Waals surface area contributed by atoms with Crippen LogP contribution in [0.5, 0.6) is 0 Å². The predicted molar refractivity (Wildman–Crippen MR) is 103 cm³/mol. The first-order chi connectivity index (χ1) is 14.5. The fraction of sp³-hybridized carbons (Fsp3) is 0.647. The van der Waals surface area contributed by atoms with Crippen LogP contribution in [0.2, 0.25) is 0 Å². The van der Waals surface area contributed by atoms with Crippen LogP contribution in [0.4, 0.5) is 0 Å². The van der Waals surface area contributed by atoms with E-state index in [0.29, 0.717) is 0 Å². The summed E-state index contributed by atoms with van der Waals surface area (Å²) in [7, 11) is 0. The van der Waals surface area contributed by atoms with Gasteiger partial charge in [-0.15, -0.1) is 0 Å². The van der Waals surface area contributed by atoms with Gasteiger partial charge in [-0.2, -0.15) is 0 Å². The number of rotatable bonds is 11. The maximum Gasteiger partial charge on any atom is 0.314 e. The van der Waals surface area contributed by atoms with Crippen LogP contribution in [0.25, 0.3) is 0 Å². The molecule has 0 amide bonds. The van der Waals surface area contributed by atoms with Gasteiger partial charge in [-0.25, -0.2) is 0 Å². The molecule has 15 nitrogen and oxygen atoms in total. The van der Waals surface area contributed by atoms with Crippen molar-refractivity contribution in [3.8, 4) is 0 Å². The molecule has 0 fully saturated rings. The molecule has 1 atom stereocenters. The highest BCUT2D eigenvalue weighted by Gasteiger charge is 2.33. The third kappa shape index (κ3) is 26.7. The van der Waals surface area contributed by atoms with Crippen LogP contribution in [0.3, 0.4) is 0 Å². The number of hydrogen-bond donors (Lipinski definition) is 9. The molecule has 0 spiro atoms. The van der Waals surface area contributed by atoms with Crippen LogP contribution in [-0.4, -0.2) is 102 Å². The van der Waals surface area contributed by atoms with Gasteiger partial charge in [-0.1, -0.05) is 20.3 Å². The third-order valence-electron chi connectivity index (χ3n) is 3.51. The monoisotopic (exact) mass is 474 g/mol. The molecule has 0 radical (unpaired) electrons. The van der Waals surface area contributed by atoms with Crippen LogP contribution in [-0.2, 0) is 28.8 Å². The van der Waals surface area contributed by atoms with E-state index in [0.717, 1.165) is 6.42 Å². The molecule has 0 saturated carbocycles. The largest absolute Gasteiger partial charge is 0.481 e. The van der Waals surface area contributed by atoms with Gasteiger partial charge >= 0.3 is 35.8 Å². The van der Waals surface area contributed by atoms with E-state index in [4.69, 9.17) is 46.0 Å². The van der Waals surface area contributed by atoms with Crippen molar-refractivity contribution in [2.24, 2.45) is 11.3 Å². The molecule has 0 bridgehead atoms. The number of aliphatic hydroxyl groups excluding tert-OH is 3. The first kappa shape index (κ1) is 36.1. The Kier molecular flexibility index (Phi) is 23.6. The van der Waals surface area contributed by atoms with E-state index in [9.17, 15) is 28.8 Å². The summed E-state index contributed by atoms with van der Waals surface area (Å²) in [4.78, 5) is 56.6. The predicted octanol–water partition coefficient (Wildman–Crippen LogP) is -1.37. The average molecular weight is 474 g/mol. The summed E-state index contributed by atoms with van der Waals surface area (Å²) in [6, 6.07) is 0. The number of carbonyl (C=O) groups is 6. The summed E-state index contributed by atoms with van der Waals surface area (Å²) in [5.74, 6) is -7.73. The van der Waals surface area contributed by atoms with E-state index in [2.05, 4.69) is 0 Å². The van der Waals surface area contributed by atoms with Crippen molar-refractivity contribution >= 4 is 35.8 Å². The molecular weight excluding hydrogens is 444 g/mol. The van der Waals surface area contributed by atoms with E-state index in [1.807, 2.05) is 13.8 Å². The standard InChI is InChI=1S/C8H18O3.3C3H4O4/c1-3-7(2)8(4-9,5-10)6-11;3*4-2(5)1-3(6)7/h7,9-11H,3-6H2,1-2H3;3*1H2,(H,4,5)(H,6,7). The highest BCUT2D eigenvalue weighted by atomic mass is 16.4. The van der Waals surface area contributed by atoms with Crippen LogP contribution in [0, 0.1) is 11.3 Å². The lowest BCUT2D eigenvalue weighted by Gasteiger charge is -2.33. The molecule has 0 heterocycles. The Morgan fingerprint density at radius 3 is 0.781 bits per heavy atom. The quantitative estimate of drug-likeness (QED) is 0.156. The van der Waals surface area contributed by atoms with Gasteiger partial charge in [0.05, 0.1) is 19.8 Å². The third-order valence-corrected chi connectivity index (χ3v) is 3.51. The zero-order valence-corrected chi connectivity index (χ0v) is 17.5. The van der Waals surface area contributed by atoms with Gasteiger partial charge < -0.3 is 46.0 Å². The van der Waals surface area contributed by atoms with Crippen molar-refractivity contribution < 1.29 is 74.7 Å². The van der Waals surface area contributed by atoms with Crippen molar-refractivity contribution in [3.05, 3.63) is 0 Å². The van der Waals surface area contributed by atoms with Gasteiger partial charge in [0.15, 0.2) is 0 Å². The van der Waals surface area contributed by atoms with E-state index >= 15 is 0 Å². The molecule has 188 valence electrons. The van der Waals surface area contributed by atoms with E-state index in [-0.39, 0.29) is 25.7 Å². The lowest BCUT2D eigenvalue weighted by Crippen LogP contribution is -2.40. The lowest BCUT2D eigenvalue weighted by molar-refractivity contribution is -0.149. The number of aliphatic hydroxyl groups is 3. The second-order valence-corrected chi connectivity index (χ2v) is 6.04. The molecule has 1 unspecified atom stereocenters. The van der Waals surface area contributed by atoms with Gasteiger partial charge in [0, 0.05) is 5.41 Å². The van der Waals surface area contributed by atoms with E-state index in [1.54, 1.807) is 0 Å². The summed E-state index contributed by atoms with van der Waals surface area (Å²) in [6.45, 7) is 3.42. The van der Waals surface area contributed by atoms with Gasteiger partial charge in [-0.05, 0) is 5.92 Å². The van der Waals surface area contributed by atoms with Crippen LogP contribution < -0.4 is 0 Å². The Morgan fingerprint density at radius 1 is 0.562 bits per heavy atom. The van der Waals surface area contributed by atoms with Gasteiger partial charge in [0.2, 0.25) is 0 Å². The molecule has 0 aliphatic carbocycles. The van der Waals surface area contributed by atoms with Gasteiger partial charge in [0.25, 0.3) is 0 Å². The van der Waals surface area contributed by atoms with Crippen molar-refractivity contribution in [1.29, 1.82) is 0 Å². The molecule has 0 aliphatic heterocycles. The Balaban J connectivity index is -0.000000167. The smallest absolute Gasteiger partial charge is 0.314 e. The minimum absolute atomic E-state index is 0.141. The molecular formula is C17H30O15. The Morgan fingerprint density at radius 2 is 0.750 bits per heavy atom. The fourth-order valence-electron chi connectivity index (χ4n) is 1.44. The average Bonchev–Trinajstić information content (AvgIpc) is 2.61. The fourth-order valence-corrected chi connectivity index (χ4v) is 1.44. The summed E-state index contributed by atoms with van der Waals surface area (Å²) < 4.78 is 0. The van der Waals surface area contributed by atoms with Crippen molar-refractivity contribution in [1.82, 2.24) is 0 Å². The lowest BCUT2D eigenvalue weighted by atomic mass is 9.77. The summed E-state index contributed by atoms with van der Waals surface area (Å²) >= 11 is 0. The zero-order valence-electron chi connectivity index (χ0n) is 17.5. The summed E-state index contributed by atoms with van der Waals surface area (Å²) in [6.07, 6.45) is -1.57. The molecule has 0 rings (SSSR count). The summed E-state index contributed by atoms with van der Waals surface area (Å²) in [5.41, 5.74) is -0.700. The first-order valence-electron chi connectivity index (χ1n) is 8.68. The van der Waals surface area contributed by atoms with Crippen molar-refractivity contribution in [2.75, 3.05) is 19.8 Å². The van der Waals surface area contributed by atoms with Gasteiger partial charge in [0.1, 0.15) is 19.3 Å². The SMILES string of the molecule is CCC(C)C(CO)(CO)CO.O=C(O)CC(=O)O.O=C(O)CC(=O)O.O=C(O)CC(=O)O. The van der Waals surface area contributed by atoms with Crippen molar-refractivity contribution in [3.63, 3.8) is 0 Å².